The standard InChI is InChI=1S/C7H11N3O2S/c8-13(11,12)7-5-9-10-4-2-1-3-6(7)10/h2-4,7,9H,1,5H2,(H2,8,11,12). The number of nitrogens with two attached hydrogens (primary N) is 1. The van der Waals surface area contributed by atoms with E-state index in [0.717, 1.165) is 12.1 Å². The predicted molar refractivity (Wildman–Crippen MR) is 48.6 cm³/mol. The van der Waals surface area contributed by atoms with E-state index >= 15 is 0 Å². The lowest BCUT2D eigenvalue weighted by atomic mass is 10.2. The van der Waals surface area contributed by atoms with E-state index in [9.17, 15) is 8.42 Å². The average Bonchev–Trinajstić information content (AvgIpc) is 2.45. The molecule has 0 bridgehead atoms. The van der Waals surface area contributed by atoms with Crippen molar-refractivity contribution in [1.29, 1.82) is 0 Å². The molecule has 6 heteroatoms. The Hall–Kier alpha value is -0.850. The lowest BCUT2D eigenvalue weighted by molar-refractivity contribution is 0.402. The van der Waals surface area contributed by atoms with Gasteiger partial charge in [-0.3, -0.25) is 5.01 Å². The summed E-state index contributed by atoms with van der Waals surface area (Å²) in [6.45, 7) is 0.356. The molecule has 1 fully saturated rings. The molecule has 0 aromatic heterocycles. The van der Waals surface area contributed by atoms with Crippen molar-refractivity contribution in [1.82, 2.24) is 10.4 Å². The lowest BCUT2D eigenvalue weighted by Crippen LogP contribution is -2.31. The molecule has 2 heterocycles. The third-order valence-electron chi connectivity index (χ3n) is 2.17. The van der Waals surface area contributed by atoms with E-state index in [1.165, 1.54) is 0 Å². The molecule has 0 radical (unpaired) electrons. The predicted octanol–water partition coefficient (Wildman–Crippen LogP) is -0.735. The minimum absolute atomic E-state index is 0.356. The fourth-order valence-corrected chi connectivity index (χ4v) is 2.39. The third kappa shape index (κ3) is 1.48. The highest BCUT2D eigenvalue weighted by atomic mass is 32.2. The van der Waals surface area contributed by atoms with Crippen molar-refractivity contribution in [2.45, 2.75) is 11.7 Å². The third-order valence-corrected chi connectivity index (χ3v) is 3.37. The Morgan fingerprint density at radius 1 is 1.62 bits per heavy atom. The Bertz CT molecular complexity index is 371. The van der Waals surface area contributed by atoms with Gasteiger partial charge in [0, 0.05) is 12.7 Å². The second kappa shape index (κ2) is 2.83. The molecule has 1 atom stereocenters. The molecule has 13 heavy (non-hydrogen) atoms. The minimum atomic E-state index is -3.48. The maximum absolute atomic E-state index is 11.1. The first-order chi connectivity index (χ1) is 6.09. The molecule has 1 unspecified atom stereocenters. The minimum Gasteiger partial charge on any atom is -0.288 e. The number of hydrogen-bond donors (Lipinski definition) is 2. The van der Waals surface area contributed by atoms with Crippen LogP contribution in [0.3, 0.4) is 0 Å². The molecular weight excluding hydrogens is 190 g/mol. The van der Waals surface area contributed by atoms with Gasteiger partial charge in [0.15, 0.2) is 0 Å². The van der Waals surface area contributed by atoms with Crippen LogP contribution < -0.4 is 10.6 Å². The van der Waals surface area contributed by atoms with Crippen LogP contribution in [0.1, 0.15) is 6.42 Å². The van der Waals surface area contributed by atoms with E-state index in [4.69, 9.17) is 5.14 Å². The molecule has 0 spiro atoms. The maximum Gasteiger partial charge on any atom is 0.219 e. The van der Waals surface area contributed by atoms with E-state index in [2.05, 4.69) is 5.43 Å². The van der Waals surface area contributed by atoms with E-state index in [-0.39, 0.29) is 0 Å². The van der Waals surface area contributed by atoms with Crippen molar-refractivity contribution in [2.24, 2.45) is 5.14 Å². The van der Waals surface area contributed by atoms with E-state index in [0.29, 0.717) is 6.54 Å². The Morgan fingerprint density at radius 3 is 3.08 bits per heavy atom. The van der Waals surface area contributed by atoms with Gasteiger partial charge in [-0.25, -0.2) is 19.0 Å². The van der Waals surface area contributed by atoms with Gasteiger partial charge in [0.05, 0.1) is 5.70 Å². The summed E-state index contributed by atoms with van der Waals surface area (Å²) in [7, 11) is -3.48. The molecule has 2 aliphatic rings. The number of allylic oxidation sites excluding steroid dienone is 2. The SMILES string of the molecule is NS(=O)(=O)C1CNN2C=CCC=C12. The van der Waals surface area contributed by atoms with Crippen molar-refractivity contribution in [3.05, 3.63) is 24.0 Å². The molecule has 2 rings (SSSR count). The molecule has 0 saturated carbocycles. The lowest BCUT2D eigenvalue weighted by Gasteiger charge is -2.19. The van der Waals surface area contributed by atoms with Crippen LogP contribution in [0.5, 0.6) is 0 Å². The first-order valence-corrected chi connectivity index (χ1v) is 5.61. The summed E-state index contributed by atoms with van der Waals surface area (Å²) in [5.41, 5.74) is 3.67. The fraction of sp³-hybridized carbons (Fsp3) is 0.429. The Balaban J connectivity index is 2.32. The van der Waals surface area contributed by atoms with Crippen LogP contribution in [-0.4, -0.2) is 25.2 Å². The Morgan fingerprint density at radius 2 is 2.38 bits per heavy atom. The summed E-state index contributed by atoms with van der Waals surface area (Å²) in [5.74, 6) is 0. The van der Waals surface area contributed by atoms with Crippen molar-refractivity contribution in [3.8, 4) is 0 Å². The number of primary sulfonamides is 1. The average molecular weight is 201 g/mol. The van der Waals surface area contributed by atoms with Crippen LogP contribution in [0.4, 0.5) is 0 Å². The van der Waals surface area contributed by atoms with Gasteiger partial charge < -0.3 is 0 Å². The topological polar surface area (TPSA) is 75.4 Å². The number of sulfonamides is 1. The Labute approximate surface area is 76.9 Å². The normalized spacial score (nSPS) is 27.3. The van der Waals surface area contributed by atoms with Gasteiger partial charge in [0.25, 0.3) is 0 Å². The number of fused-ring (bicyclic) bond motifs is 1. The van der Waals surface area contributed by atoms with Gasteiger partial charge in [0.2, 0.25) is 10.0 Å². The van der Waals surface area contributed by atoms with Gasteiger partial charge in [-0.2, -0.15) is 0 Å². The summed E-state index contributed by atoms with van der Waals surface area (Å²) >= 11 is 0. The van der Waals surface area contributed by atoms with Crippen LogP contribution in [0, 0.1) is 0 Å². The van der Waals surface area contributed by atoms with Gasteiger partial charge in [-0.15, -0.1) is 0 Å². The largest absolute Gasteiger partial charge is 0.288 e. The number of hydrazine groups is 1. The van der Waals surface area contributed by atoms with Crippen LogP contribution in [0.2, 0.25) is 0 Å². The first-order valence-electron chi connectivity index (χ1n) is 4.00. The molecule has 5 nitrogen and oxygen atoms in total. The molecule has 0 amide bonds. The van der Waals surface area contributed by atoms with E-state index < -0.39 is 15.3 Å². The summed E-state index contributed by atoms with van der Waals surface area (Å²) in [6.07, 6.45) is 6.40. The highest BCUT2D eigenvalue weighted by Gasteiger charge is 2.35. The number of nitrogens with one attached hydrogen (secondary N) is 1. The fourth-order valence-electron chi connectivity index (χ4n) is 1.54. The number of rotatable bonds is 1. The highest BCUT2D eigenvalue weighted by molar-refractivity contribution is 7.90. The molecule has 2 aliphatic heterocycles. The van der Waals surface area contributed by atoms with Gasteiger partial charge in [0.1, 0.15) is 5.25 Å². The zero-order valence-electron chi connectivity index (χ0n) is 6.97. The summed E-state index contributed by atoms with van der Waals surface area (Å²) in [6, 6.07) is 0. The van der Waals surface area contributed by atoms with Crippen molar-refractivity contribution < 1.29 is 8.42 Å². The smallest absolute Gasteiger partial charge is 0.219 e. The molecule has 3 N–H and O–H groups in total. The van der Waals surface area contributed by atoms with Crippen LogP contribution in [0.25, 0.3) is 0 Å². The second-order valence-electron chi connectivity index (χ2n) is 3.06. The quantitative estimate of drug-likeness (QED) is 0.586. The molecule has 0 aromatic carbocycles. The van der Waals surface area contributed by atoms with Crippen LogP contribution >= 0.6 is 0 Å². The van der Waals surface area contributed by atoms with Gasteiger partial charge in [-0.05, 0) is 6.42 Å². The molecule has 72 valence electrons. The van der Waals surface area contributed by atoms with Crippen LogP contribution in [0.15, 0.2) is 24.0 Å². The summed E-state index contributed by atoms with van der Waals surface area (Å²) in [4.78, 5) is 0. The van der Waals surface area contributed by atoms with E-state index in [1.807, 2.05) is 18.4 Å². The van der Waals surface area contributed by atoms with Crippen LogP contribution in [-0.2, 0) is 10.0 Å². The highest BCUT2D eigenvalue weighted by Crippen LogP contribution is 2.22. The Kier molecular flexibility index (Phi) is 1.90. The number of hydrogen-bond acceptors (Lipinski definition) is 4. The second-order valence-corrected chi connectivity index (χ2v) is 4.81. The van der Waals surface area contributed by atoms with Crippen molar-refractivity contribution in [2.75, 3.05) is 6.54 Å². The molecule has 1 saturated heterocycles. The molecule has 0 aromatic rings. The zero-order valence-corrected chi connectivity index (χ0v) is 7.79. The maximum atomic E-state index is 11.1. The first kappa shape index (κ1) is 8.74. The summed E-state index contributed by atoms with van der Waals surface area (Å²) in [5, 5.41) is 6.20. The summed E-state index contributed by atoms with van der Waals surface area (Å²) < 4.78 is 22.3. The zero-order chi connectivity index (χ0) is 9.47. The van der Waals surface area contributed by atoms with Gasteiger partial charge >= 0.3 is 0 Å². The van der Waals surface area contributed by atoms with Gasteiger partial charge in [-0.1, -0.05) is 12.2 Å². The monoisotopic (exact) mass is 201 g/mol. The van der Waals surface area contributed by atoms with Crippen molar-refractivity contribution >= 4 is 10.0 Å². The van der Waals surface area contributed by atoms with E-state index in [1.54, 1.807) is 5.01 Å². The number of nitrogens with zero attached hydrogens (tertiary/aromatic N) is 1. The van der Waals surface area contributed by atoms with Crippen molar-refractivity contribution in [3.63, 3.8) is 0 Å². The molecule has 0 aliphatic carbocycles. The molecular formula is C7H11N3O2S.